The Balaban J connectivity index is 1.68. The number of aromatic nitrogens is 5. The van der Waals surface area contributed by atoms with E-state index in [1.807, 2.05) is 35.8 Å². The van der Waals surface area contributed by atoms with Crippen molar-refractivity contribution in [2.45, 2.75) is 64.1 Å². The molecule has 3 aromatic heterocycles. The second-order valence-corrected chi connectivity index (χ2v) is 8.60. The predicted octanol–water partition coefficient (Wildman–Crippen LogP) is 3.90. The summed E-state index contributed by atoms with van der Waals surface area (Å²) in [6, 6.07) is 8.06. The maximum atomic E-state index is 13.7. The molecule has 4 aromatic rings. The van der Waals surface area contributed by atoms with Crippen LogP contribution in [-0.4, -0.2) is 36.8 Å². The van der Waals surface area contributed by atoms with Gasteiger partial charge in [-0.2, -0.15) is 0 Å². The van der Waals surface area contributed by atoms with Gasteiger partial charge in [0.1, 0.15) is 16.7 Å². The summed E-state index contributed by atoms with van der Waals surface area (Å²) in [5.41, 5.74) is 3.72. The van der Waals surface area contributed by atoms with Gasteiger partial charge in [0, 0.05) is 12.6 Å². The van der Waals surface area contributed by atoms with Crippen LogP contribution in [0.1, 0.15) is 50.4 Å². The number of aryl methyl sites for hydroxylation is 1. The second kappa shape index (κ2) is 6.87. The molecular formula is C23H25N5O2. The Labute approximate surface area is 173 Å². The van der Waals surface area contributed by atoms with Crippen LogP contribution < -0.4 is 5.56 Å². The highest BCUT2D eigenvalue weighted by Gasteiger charge is 2.27. The highest BCUT2D eigenvalue weighted by Crippen LogP contribution is 2.32. The molecule has 1 atom stereocenters. The van der Waals surface area contributed by atoms with Crippen LogP contribution in [-0.2, 0) is 11.3 Å². The van der Waals surface area contributed by atoms with Crippen molar-refractivity contribution in [3.8, 4) is 0 Å². The smallest absolute Gasteiger partial charge is 0.265 e. The van der Waals surface area contributed by atoms with Crippen molar-refractivity contribution < 1.29 is 4.74 Å². The fraction of sp³-hybridized carbons (Fsp3) is 0.478. The molecule has 0 N–H and O–H groups in total. The van der Waals surface area contributed by atoms with Gasteiger partial charge in [-0.1, -0.05) is 25.0 Å². The summed E-state index contributed by atoms with van der Waals surface area (Å²) in [6.45, 7) is 3.38. The topological polar surface area (TPSA) is 74.8 Å². The molecule has 1 saturated heterocycles. The minimum absolute atomic E-state index is 0.0186. The maximum Gasteiger partial charge on any atom is 0.265 e. The monoisotopic (exact) mass is 403 g/mol. The van der Waals surface area contributed by atoms with E-state index in [-0.39, 0.29) is 17.7 Å². The minimum atomic E-state index is 0.0186. The highest BCUT2D eigenvalue weighted by molar-refractivity contribution is 6.04. The van der Waals surface area contributed by atoms with Crippen LogP contribution in [0.2, 0.25) is 0 Å². The molecule has 6 rings (SSSR count). The fourth-order valence-corrected chi connectivity index (χ4v) is 5.23. The van der Waals surface area contributed by atoms with Gasteiger partial charge in [0.25, 0.3) is 5.56 Å². The lowest BCUT2D eigenvalue weighted by atomic mass is 10.2. The summed E-state index contributed by atoms with van der Waals surface area (Å²) in [6.07, 6.45) is 6.61. The third-order valence-electron chi connectivity index (χ3n) is 6.67. The summed E-state index contributed by atoms with van der Waals surface area (Å²) in [4.78, 5) is 28.5. The number of nitrogens with zero attached hydrogens (tertiary/aromatic N) is 5. The predicted molar refractivity (Wildman–Crippen MR) is 116 cm³/mol. The van der Waals surface area contributed by atoms with Gasteiger partial charge >= 0.3 is 0 Å². The normalized spacial score (nSPS) is 20.2. The van der Waals surface area contributed by atoms with Crippen LogP contribution in [0.15, 0.2) is 29.1 Å². The zero-order valence-electron chi connectivity index (χ0n) is 17.2. The molecule has 2 aliphatic rings. The molecule has 2 fully saturated rings. The molecule has 0 spiro atoms. The molecule has 154 valence electrons. The molecular weight excluding hydrogens is 378 g/mol. The van der Waals surface area contributed by atoms with Gasteiger partial charge < -0.3 is 9.30 Å². The molecule has 1 aliphatic heterocycles. The van der Waals surface area contributed by atoms with E-state index in [4.69, 9.17) is 19.7 Å². The largest absolute Gasteiger partial charge is 0.376 e. The highest BCUT2D eigenvalue weighted by atomic mass is 16.5. The van der Waals surface area contributed by atoms with Gasteiger partial charge in [-0.05, 0) is 44.7 Å². The lowest BCUT2D eigenvalue weighted by Crippen LogP contribution is -2.27. The van der Waals surface area contributed by atoms with E-state index in [0.29, 0.717) is 23.1 Å². The van der Waals surface area contributed by atoms with Gasteiger partial charge in [-0.3, -0.25) is 9.36 Å². The Morgan fingerprint density at radius 1 is 1.00 bits per heavy atom. The number of rotatable bonds is 3. The fourth-order valence-electron chi connectivity index (χ4n) is 5.23. The van der Waals surface area contributed by atoms with E-state index < -0.39 is 0 Å². The molecule has 4 heterocycles. The quantitative estimate of drug-likeness (QED) is 0.519. The summed E-state index contributed by atoms with van der Waals surface area (Å²) in [7, 11) is 0. The molecule has 0 unspecified atom stereocenters. The van der Waals surface area contributed by atoms with Crippen LogP contribution in [0.5, 0.6) is 0 Å². The molecule has 7 heteroatoms. The summed E-state index contributed by atoms with van der Waals surface area (Å²) in [5, 5.41) is 0.596. The average molecular weight is 403 g/mol. The summed E-state index contributed by atoms with van der Waals surface area (Å²) in [5.74, 6) is 0.778. The Morgan fingerprint density at radius 2 is 1.77 bits per heavy atom. The molecule has 0 bridgehead atoms. The molecule has 30 heavy (non-hydrogen) atoms. The summed E-state index contributed by atoms with van der Waals surface area (Å²) >= 11 is 0. The lowest BCUT2D eigenvalue weighted by Gasteiger charge is -2.17. The zero-order chi connectivity index (χ0) is 20.2. The second-order valence-electron chi connectivity index (χ2n) is 8.60. The van der Waals surface area contributed by atoms with Gasteiger partial charge in [0.15, 0.2) is 11.3 Å². The Morgan fingerprint density at radius 3 is 2.50 bits per heavy atom. The van der Waals surface area contributed by atoms with Crippen molar-refractivity contribution in [3.05, 3.63) is 40.4 Å². The van der Waals surface area contributed by atoms with E-state index in [0.717, 1.165) is 54.8 Å². The Kier molecular flexibility index (Phi) is 4.13. The van der Waals surface area contributed by atoms with Crippen molar-refractivity contribution in [2.24, 2.45) is 0 Å². The van der Waals surface area contributed by atoms with E-state index in [2.05, 4.69) is 4.57 Å². The van der Waals surface area contributed by atoms with Gasteiger partial charge in [-0.25, -0.2) is 15.0 Å². The zero-order valence-corrected chi connectivity index (χ0v) is 17.2. The first-order valence-electron chi connectivity index (χ1n) is 11.0. The Hall–Kier alpha value is -2.80. The minimum Gasteiger partial charge on any atom is -0.376 e. The van der Waals surface area contributed by atoms with E-state index >= 15 is 0 Å². The number of hydrogen-bond acceptors (Lipinski definition) is 5. The van der Waals surface area contributed by atoms with Crippen molar-refractivity contribution in [3.63, 3.8) is 0 Å². The number of hydrogen-bond donors (Lipinski definition) is 0. The van der Waals surface area contributed by atoms with E-state index in [1.165, 1.54) is 12.8 Å². The van der Waals surface area contributed by atoms with Gasteiger partial charge in [0.05, 0.1) is 23.7 Å². The SMILES string of the molecule is Cc1nc2c(c(=O)n1C1CCCC1)c1nc3ccccc3nc1n2C[C@@H]1CCCO1. The van der Waals surface area contributed by atoms with E-state index in [9.17, 15) is 4.79 Å². The first kappa shape index (κ1) is 18.0. The van der Waals surface area contributed by atoms with Crippen LogP contribution in [0, 0.1) is 6.92 Å². The van der Waals surface area contributed by atoms with Crippen LogP contribution >= 0.6 is 0 Å². The first-order valence-corrected chi connectivity index (χ1v) is 11.0. The number of fused-ring (bicyclic) bond motifs is 4. The number of ether oxygens (including phenoxy) is 1. The van der Waals surface area contributed by atoms with Crippen molar-refractivity contribution in [2.75, 3.05) is 6.61 Å². The lowest BCUT2D eigenvalue weighted by molar-refractivity contribution is 0.0986. The Bertz CT molecular complexity index is 1330. The first-order chi connectivity index (χ1) is 14.7. The van der Waals surface area contributed by atoms with Crippen LogP contribution in [0.3, 0.4) is 0 Å². The van der Waals surface area contributed by atoms with E-state index in [1.54, 1.807) is 0 Å². The van der Waals surface area contributed by atoms with Crippen LogP contribution in [0.4, 0.5) is 0 Å². The third-order valence-corrected chi connectivity index (χ3v) is 6.67. The van der Waals surface area contributed by atoms with Crippen molar-refractivity contribution in [1.82, 2.24) is 24.1 Å². The van der Waals surface area contributed by atoms with Crippen molar-refractivity contribution in [1.29, 1.82) is 0 Å². The molecule has 1 saturated carbocycles. The number of para-hydroxylation sites is 2. The third kappa shape index (κ3) is 2.68. The average Bonchev–Trinajstić information content (AvgIpc) is 3.49. The molecule has 7 nitrogen and oxygen atoms in total. The molecule has 0 radical (unpaired) electrons. The van der Waals surface area contributed by atoms with Gasteiger partial charge in [-0.15, -0.1) is 0 Å². The summed E-state index contributed by atoms with van der Waals surface area (Å²) < 4.78 is 9.86. The standard InChI is InChI=1S/C23H25N5O2/c1-14-24-21-19(23(29)28(14)15-7-2-3-8-15)20-22(27(21)13-16-9-6-12-30-16)26-18-11-5-4-10-17(18)25-20/h4-5,10-11,15-16H,2-3,6-9,12-13H2,1H3/t16-/m0/s1. The van der Waals surface area contributed by atoms with Crippen molar-refractivity contribution >= 4 is 33.2 Å². The number of benzene rings is 1. The molecule has 1 aliphatic carbocycles. The maximum absolute atomic E-state index is 13.7. The molecule has 1 aromatic carbocycles. The van der Waals surface area contributed by atoms with Crippen LogP contribution in [0.25, 0.3) is 33.2 Å². The molecule has 0 amide bonds. The van der Waals surface area contributed by atoms with Gasteiger partial charge in [0.2, 0.25) is 0 Å².